The van der Waals surface area contributed by atoms with Crippen molar-refractivity contribution in [3.63, 3.8) is 0 Å². The Morgan fingerprint density at radius 3 is 2.68 bits per heavy atom. The molecule has 0 aliphatic carbocycles. The summed E-state index contributed by atoms with van der Waals surface area (Å²) in [4.78, 5) is 44.4. The normalized spacial score (nSPS) is 17.5. The topological polar surface area (TPSA) is 96.7 Å². The van der Waals surface area contributed by atoms with Gasteiger partial charge in [0.15, 0.2) is 0 Å². The molecule has 1 atom stereocenters. The van der Waals surface area contributed by atoms with Crippen molar-refractivity contribution in [2.45, 2.75) is 38.5 Å². The quantitative estimate of drug-likeness (QED) is 0.327. The lowest BCUT2D eigenvalue weighted by Gasteiger charge is -2.35. The van der Waals surface area contributed by atoms with Crippen LogP contribution in [0.4, 0.5) is 0 Å². The van der Waals surface area contributed by atoms with Crippen LogP contribution in [0.15, 0.2) is 71.5 Å². The molecule has 8 heteroatoms. The summed E-state index contributed by atoms with van der Waals surface area (Å²) in [6.45, 7) is 2.02. The van der Waals surface area contributed by atoms with E-state index in [9.17, 15) is 14.4 Å². The number of carbonyl (C=O) groups excluding carboxylic acids is 2. The minimum absolute atomic E-state index is 0.0699. The standard InChI is InChI=1S/C29H24N2O6/c1-2-29(37-25(32)12-13-35-20-9-4-3-5-10-20)22-15-24-26-19(14-18-8-6-7-11-23(18)30-26)16-31(24)27(33)21(22)17-36-28(29)34/h3-11,14-15H,2,12-13,16-17H2,1H3/t29-/m0/s1. The maximum Gasteiger partial charge on any atom is 0.355 e. The van der Waals surface area contributed by atoms with Gasteiger partial charge in [0.1, 0.15) is 12.4 Å². The number of rotatable bonds is 6. The zero-order chi connectivity index (χ0) is 25.6. The van der Waals surface area contributed by atoms with E-state index in [0.29, 0.717) is 34.8 Å². The highest BCUT2D eigenvalue weighted by atomic mass is 16.6. The van der Waals surface area contributed by atoms with E-state index in [2.05, 4.69) is 0 Å². The predicted molar refractivity (Wildman–Crippen MR) is 135 cm³/mol. The molecule has 0 bridgehead atoms. The zero-order valence-corrected chi connectivity index (χ0v) is 20.2. The number of benzene rings is 2. The average Bonchev–Trinajstić information content (AvgIpc) is 3.27. The fraction of sp³-hybridized carbons (Fsp3) is 0.241. The molecule has 4 heterocycles. The third-order valence-corrected chi connectivity index (χ3v) is 6.99. The lowest BCUT2D eigenvalue weighted by atomic mass is 9.85. The second-order valence-electron chi connectivity index (χ2n) is 9.14. The van der Waals surface area contributed by atoms with E-state index in [4.69, 9.17) is 19.2 Å². The monoisotopic (exact) mass is 496 g/mol. The van der Waals surface area contributed by atoms with Gasteiger partial charge in [-0.2, -0.15) is 0 Å². The fourth-order valence-electron chi connectivity index (χ4n) is 5.10. The number of hydrogen-bond acceptors (Lipinski definition) is 7. The molecule has 186 valence electrons. The van der Waals surface area contributed by atoms with E-state index in [-0.39, 0.29) is 31.6 Å². The summed E-state index contributed by atoms with van der Waals surface area (Å²) in [7, 11) is 0. The number of para-hydroxylation sites is 2. The van der Waals surface area contributed by atoms with Gasteiger partial charge in [-0.15, -0.1) is 0 Å². The highest BCUT2D eigenvalue weighted by Gasteiger charge is 2.50. The Hall–Kier alpha value is -4.46. The highest BCUT2D eigenvalue weighted by Crippen LogP contribution is 2.41. The van der Waals surface area contributed by atoms with Crippen LogP contribution in [0.5, 0.6) is 5.75 Å². The first-order valence-electron chi connectivity index (χ1n) is 12.2. The molecule has 0 N–H and O–H groups in total. The van der Waals surface area contributed by atoms with Crippen LogP contribution in [0, 0.1) is 0 Å². The smallest absolute Gasteiger partial charge is 0.355 e. The molecule has 2 aromatic carbocycles. The van der Waals surface area contributed by atoms with Crippen molar-refractivity contribution in [2.75, 3.05) is 6.61 Å². The number of cyclic esters (lactones) is 1. The van der Waals surface area contributed by atoms with Crippen molar-refractivity contribution in [1.82, 2.24) is 9.55 Å². The number of pyridine rings is 2. The van der Waals surface area contributed by atoms with Gasteiger partial charge in [-0.3, -0.25) is 9.59 Å². The van der Waals surface area contributed by atoms with E-state index in [0.717, 1.165) is 16.5 Å². The minimum atomic E-state index is -1.72. The van der Waals surface area contributed by atoms with E-state index < -0.39 is 17.5 Å². The van der Waals surface area contributed by atoms with Crippen molar-refractivity contribution in [3.05, 3.63) is 93.8 Å². The molecular weight excluding hydrogens is 472 g/mol. The molecule has 8 nitrogen and oxygen atoms in total. The summed E-state index contributed by atoms with van der Waals surface area (Å²) in [6, 6.07) is 20.7. The number of ether oxygens (including phenoxy) is 3. The zero-order valence-electron chi connectivity index (χ0n) is 20.2. The summed E-state index contributed by atoms with van der Waals surface area (Å²) in [5.41, 5.74) is 1.70. The van der Waals surface area contributed by atoms with Crippen molar-refractivity contribution in [1.29, 1.82) is 0 Å². The molecule has 2 aromatic heterocycles. The lowest BCUT2D eigenvalue weighted by molar-refractivity contribution is -0.189. The molecule has 6 rings (SSSR count). The summed E-state index contributed by atoms with van der Waals surface area (Å²) in [5.74, 6) is -0.674. The summed E-state index contributed by atoms with van der Waals surface area (Å²) in [5, 5.41) is 0.986. The molecule has 0 saturated carbocycles. The van der Waals surface area contributed by atoms with Crippen molar-refractivity contribution in [2.24, 2.45) is 0 Å². The van der Waals surface area contributed by atoms with E-state index >= 15 is 0 Å². The van der Waals surface area contributed by atoms with Gasteiger partial charge in [0, 0.05) is 16.5 Å². The number of fused-ring (bicyclic) bond motifs is 5. The van der Waals surface area contributed by atoms with Crippen LogP contribution in [0.3, 0.4) is 0 Å². The second kappa shape index (κ2) is 8.89. The number of aromatic nitrogens is 2. The Balaban J connectivity index is 1.36. The second-order valence-corrected chi connectivity index (χ2v) is 9.14. The van der Waals surface area contributed by atoms with E-state index in [1.54, 1.807) is 29.7 Å². The molecule has 0 amide bonds. The number of esters is 2. The number of hydrogen-bond donors (Lipinski definition) is 0. The summed E-state index contributed by atoms with van der Waals surface area (Å²) in [6.07, 6.45) is 0.0462. The van der Waals surface area contributed by atoms with E-state index in [1.165, 1.54) is 0 Å². The largest absolute Gasteiger partial charge is 0.493 e. The third kappa shape index (κ3) is 3.76. The Morgan fingerprint density at radius 2 is 1.86 bits per heavy atom. The fourth-order valence-corrected chi connectivity index (χ4v) is 5.10. The van der Waals surface area contributed by atoms with Crippen molar-refractivity contribution < 1.29 is 23.8 Å². The lowest BCUT2D eigenvalue weighted by Crippen LogP contribution is -2.47. The van der Waals surface area contributed by atoms with Crippen LogP contribution in [0.25, 0.3) is 22.3 Å². The molecule has 4 aromatic rings. The van der Waals surface area contributed by atoms with Crippen LogP contribution in [-0.2, 0) is 37.8 Å². The molecule has 2 aliphatic heterocycles. The summed E-state index contributed by atoms with van der Waals surface area (Å²) < 4.78 is 18.5. The average molecular weight is 497 g/mol. The first-order chi connectivity index (χ1) is 18.0. The van der Waals surface area contributed by atoms with Crippen LogP contribution < -0.4 is 10.3 Å². The summed E-state index contributed by atoms with van der Waals surface area (Å²) >= 11 is 0. The van der Waals surface area contributed by atoms with Gasteiger partial charge in [-0.1, -0.05) is 43.3 Å². The molecule has 2 aliphatic rings. The maximum absolute atomic E-state index is 13.6. The van der Waals surface area contributed by atoms with Crippen LogP contribution >= 0.6 is 0 Å². The number of carbonyl (C=O) groups is 2. The Labute approximate surface area is 212 Å². The Kier molecular flexibility index (Phi) is 5.52. The first kappa shape index (κ1) is 23.0. The van der Waals surface area contributed by atoms with Crippen molar-refractivity contribution >= 4 is 22.8 Å². The maximum atomic E-state index is 13.6. The Bertz CT molecular complexity index is 1610. The van der Waals surface area contributed by atoms with E-state index in [1.807, 2.05) is 48.5 Å². The first-order valence-corrected chi connectivity index (χ1v) is 12.2. The predicted octanol–water partition coefficient (Wildman–Crippen LogP) is 4.10. The molecule has 0 spiro atoms. The van der Waals surface area contributed by atoms with Gasteiger partial charge in [0.25, 0.3) is 5.56 Å². The van der Waals surface area contributed by atoms with Gasteiger partial charge in [0.2, 0.25) is 5.60 Å². The van der Waals surface area contributed by atoms with Gasteiger partial charge in [0.05, 0.1) is 42.0 Å². The van der Waals surface area contributed by atoms with Crippen LogP contribution in [-0.4, -0.2) is 28.1 Å². The van der Waals surface area contributed by atoms with Crippen molar-refractivity contribution in [3.8, 4) is 17.1 Å². The molecule has 0 saturated heterocycles. The molecule has 0 fully saturated rings. The van der Waals surface area contributed by atoms with Gasteiger partial charge in [-0.05, 0) is 36.8 Å². The van der Waals surface area contributed by atoms with Gasteiger partial charge < -0.3 is 18.8 Å². The van der Waals surface area contributed by atoms with Crippen LogP contribution in [0.2, 0.25) is 0 Å². The van der Waals surface area contributed by atoms with Gasteiger partial charge >= 0.3 is 11.9 Å². The molecule has 37 heavy (non-hydrogen) atoms. The number of nitrogens with zero attached hydrogens (tertiary/aromatic N) is 2. The minimum Gasteiger partial charge on any atom is -0.493 e. The third-order valence-electron chi connectivity index (χ3n) is 6.99. The molecular formula is C29H24N2O6. The van der Waals surface area contributed by atoms with Gasteiger partial charge in [-0.25, -0.2) is 9.78 Å². The highest BCUT2D eigenvalue weighted by molar-refractivity contribution is 5.88. The molecule has 0 unspecified atom stereocenters. The molecule has 0 radical (unpaired) electrons. The Morgan fingerprint density at radius 1 is 1.08 bits per heavy atom. The SMILES string of the molecule is CC[C@@]1(OC(=O)CCOc2ccccc2)C(=O)OCc2c1cc1n(c2=O)Cc2cc3ccccc3nc2-1. The van der Waals surface area contributed by atoms with Crippen LogP contribution in [0.1, 0.15) is 36.5 Å².